The van der Waals surface area contributed by atoms with Crippen LogP contribution >= 0.6 is 11.3 Å². The Balaban J connectivity index is 2.12. The molecule has 4 rings (SSSR count). The molecule has 0 fully saturated rings. The first kappa shape index (κ1) is 16.7. The molecular formula is C23H18OSSi. The molecule has 126 valence electrons. The van der Waals surface area contributed by atoms with E-state index in [-0.39, 0.29) is 0 Å². The summed E-state index contributed by atoms with van der Waals surface area (Å²) < 4.78 is 1.28. The number of carbonyl (C=O) groups excluding carboxylic acids is 1. The first-order chi connectivity index (χ1) is 12.9. The standard InChI is InChI=1S/C23H18OSSi/c24-18-19-16-17-23(25-19)26(20-10-4-1-5-11-20,21-12-6-2-7-13-21)22-14-8-3-9-15-22/h1-18H. The molecule has 0 spiro atoms. The third kappa shape index (κ3) is 2.75. The Morgan fingerprint density at radius 1 is 0.577 bits per heavy atom. The van der Waals surface area contributed by atoms with Crippen molar-refractivity contribution < 1.29 is 4.79 Å². The van der Waals surface area contributed by atoms with E-state index in [1.165, 1.54) is 20.1 Å². The first-order valence-electron chi connectivity index (χ1n) is 8.58. The number of benzene rings is 3. The van der Waals surface area contributed by atoms with E-state index in [9.17, 15) is 4.79 Å². The van der Waals surface area contributed by atoms with Gasteiger partial charge in [0, 0.05) is 4.50 Å². The molecule has 0 radical (unpaired) electrons. The normalized spacial score (nSPS) is 11.2. The molecule has 4 aromatic rings. The van der Waals surface area contributed by atoms with Crippen LogP contribution in [0.1, 0.15) is 9.67 Å². The summed E-state index contributed by atoms with van der Waals surface area (Å²) in [5.41, 5.74) is 0. The van der Waals surface area contributed by atoms with Gasteiger partial charge in [-0.1, -0.05) is 97.1 Å². The molecule has 1 heterocycles. The van der Waals surface area contributed by atoms with E-state index in [4.69, 9.17) is 0 Å². The average Bonchev–Trinajstić information content (AvgIpc) is 3.21. The third-order valence-electron chi connectivity index (χ3n) is 4.73. The monoisotopic (exact) mass is 370 g/mol. The van der Waals surface area contributed by atoms with Crippen molar-refractivity contribution in [3.63, 3.8) is 0 Å². The van der Waals surface area contributed by atoms with Gasteiger partial charge in [-0.2, -0.15) is 0 Å². The lowest BCUT2D eigenvalue weighted by Gasteiger charge is -2.32. The molecule has 0 atom stereocenters. The van der Waals surface area contributed by atoms with Crippen LogP contribution in [0.15, 0.2) is 103 Å². The van der Waals surface area contributed by atoms with E-state index in [0.29, 0.717) is 0 Å². The molecule has 3 heteroatoms. The Labute approximate surface area is 158 Å². The number of hydrogen-bond acceptors (Lipinski definition) is 2. The van der Waals surface area contributed by atoms with Gasteiger partial charge in [-0.3, -0.25) is 4.79 Å². The summed E-state index contributed by atoms with van der Waals surface area (Å²) in [5.74, 6) is 0. The number of aldehydes is 1. The number of thiophene rings is 1. The van der Waals surface area contributed by atoms with Crippen LogP contribution in [0.4, 0.5) is 0 Å². The summed E-state index contributed by atoms with van der Waals surface area (Å²) in [6, 6.07) is 36.3. The van der Waals surface area contributed by atoms with Crippen LogP contribution in [0.3, 0.4) is 0 Å². The molecule has 0 aliphatic rings. The summed E-state index contributed by atoms with van der Waals surface area (Å²) in [7, 11) is -2.44. The molecule has 0 amide bonds. The summed E-state index contributed by atoms with van der Waals surface area (Å²) in [5, 5.41) is 3.99. The summed E-state index contributed by atoms with van der Waals surface area (Å²) in [6.45, 7) is 0. The number of rotatable bonds is 5. The van der Waals surface area contributed by atoms with Crippen LogP contribution in [0.5, 0.6) is 0 Å². The van der Waals surface area contributed by atoms with Crippen molar-refractivity contribution in [2.45, 2.75) is 0 Å². The Hall–Kier alpha value is -2.75. The Morgan fingerprint density at radius 2 is 1.00 bits per heavy atom. The Bertz CT molecular complexity index is 897. The smallest absolute Gasteiger partial charge is 0.191 e. The van der Waals surface area contributed by atoms with Crippen molar-refractivity contribution >= 4 is 45.8 Å². The van der Waals surface area contributed by atoms with Gasteiger partial charge in [0.25, 0.3) is 0 Å². The fraction of sp³-hybridized carbons (Fsp3) is 0. The van der Waals surface area contributed by atoms with E-state index >= 15 is 0 Å². The maximum atomic E-state index is 11.4. The van der Waals surface area contributed by atoms with Gasteiger partial charge in [0.1, 0.15) is 0 Å². The molecule has 1 aromatic heterocycles. The van der Waals surface area contributed by atoms with Crippen molar-refractivity contribution in [2.24, 2.45) is 0 Å². The zero-order valence-electron chi connectivity index (χ0n) is 14.2. The van der Waals surface area contributed by atoms with Gasteiger partial charge >= 0.3 is 0 Å². The van der Waals surface area contributed by atoms with E-state index in [1.54, 1.807) is 11.3 Å². The molecule has 0 aliphatic carbocycles. The highest BCUT2D eigenvalue weighted by molar-refractivity contribution is 7.37. The van der Waals surface area contributed by atoms with Crippen molar-refractivity contribution in [2.75, 3.05) is 0 Å². The lowest BCUT2D eigenvalue weighted by Crippen LogP contribution is -2.74. The van der Waals surface area contributed by atoms with Gasteiger partial charge in [0.2, 0.25) is 0 Å². The lowest BCUT2D eigenvalue weighted by molar-refractivity contribution is 0.112. The van der Waals surface area contributed by atoms with Crippen LogP contribution in [-0.2, 0) is 0 Å². The topological polar surface area (TPSA) is 17.1 Å². The van der Waals surface area contributed by atoms with E-state index < -0.39 is 8.07 Å². The molecule has 0 N–H and O–H groups in total. The van der Waals surface area contributed by atoms with Crippen LogP contribution in [0.25, 0.3) is 0 Å². The van der Waals surface area contributed by atoms with Crippen LogP contribution in [0, 0.1) is 0 Å². The van der Waals surface area contributed by atoms with Crippen molar-refractivity contribution in [3.05, 3.63) is 108 Å². The van der Waals surface area contributed by atoms with Gasteiger partial charge in [-0.15, -0.1) is 11.3 Å². The van der Waals surface area contributed by atoms with Crippen LogP contribution in [-0.4, -0.2) is 14.4 Å². The number of carbonyl (C=O) groups is 1. The predicted molar refractivity (Wildman–Crippen MR) is 113 cm³/mol. The molecule has 3 aromatic carbocycles. The summed E-state index contributed by atoms with van der Waals surface area (Å²) in [4.78, 5) is 12.2. The fourth-order valence-corrected chi connectivity index (χ4v) is 10.5. The Morgan fingerprint density at radius 3 is 1.35 bits per heavy atom. The minimum atomic E-state index is -2.44. The van der Waals surface area contributed by atoms with E-state index in [1.807, 2.05) is 6.07 Å². The molecule has 26 heavy (non-hydrogen) atoms. The zero-order chi connectivity index (χ0) is 17.8. The highest BCUT2D eigenvalue weighted by Crippen LogP contribution is 2.14. The van der Waals surface area contributed by atoms with E-state index in [0.717, 1.165) is 11.2 Å². The maximum Gasteiger partial charge on any atom is 0.191 e. The molecule has 0 saturated heterocycles. The molecule has 0 bridgehead atoms. The van der Waals surface area contributed by atoms with E-state index in [2.05, 4.69) is 97.1 Å². The van der Waals surface area contributed by atoms with Gasteiger partial charge in [0.05, 0.1) is 4.88 Å². The summed E-state index contributed by atoms with van der Waals surface area (Å²) >= 11 is 1.62. The maximum absolute atomic E-state index is 11.4. The minimum Gasteiger partial charge on any atom is -0.297 e. The minimum absolute atomic E-state index is 0.777. The average molecular weight is 371 g/mol. The van der Waals surface area contributed by atoms with Gasteiger partial charge in [-0.25, -0.2) is 0 Å². The molecule has 0 saturated carbocycles. The number of hydrogen-bond donors (Lipinski definition) is 0. The third-order valence-corrected chi connectivity index (χ3v) is 11.3. The lowest BCUT2D eigenvalue weighted by atomic mass is 10.3. The Kier molecular flexibility index (Phi) is 4.65. The first-order valence-corrected chi connectivity index (χ1v) is 11.4. The molecule has 1 nitrogen and oxygen atoms in total. The van der Waals surface area contributed by atoms with Gasteiger partial charge in [0.15, 0.2) is 14.4 Å². The predicted octanol–water partition coefficient (Wildman–Crippen LogP) is 2.94. The SMILES string of the molecule is O=Cc1ccc([Si](c2ccccc2)(c2ccccc2)c2ccccc2)s1. The highest BCUT2D eigenvalue weighted by Gasteiger charge is 2.42. The van der Waals surface area contributed by atoms with Gasteiger partial charge < -0.3 is 0 Å². The molecule has 0 unspecified atom stereocenters. The molecular weight excluding hydrogens is 352 g/mol. The highest BCUT2D eigenvalue weighted by atomic mass is 32.1. The summed E-state index contributed by atoms with van der Waals surface area (Å²) in [6.07, 6.45) is 0.953. The zero-order valence-corrected chi connectivity index (χ0v) is 16.0. The van der Waals surface area contributed by atoms with Crippen molar-refractivity contribution in [1.29, 1.82) is 0 Å². The second-order valence-corrected chi connectivity index (χ2v) is 11.4. The second kappa shape index (κ2) is 7.24. The van der Waals surface area contributed by atoms with Crippen LogP contribution < -0.4 is 20.1 Å². The fourth-order valence-electron chi connectivity index (χ4n) is 3.61. The van der Waals surface area contributed by atoms with Crippen LogP contribution in [0.2, 0.25) is 0 Å². The van der Waals surface area contributed by atoms with Gasteiger partial charge in [-0.05, 0) is 21.6 Å². The molecule has 0 aliphatic heterocycles. The van der Waals surface area contributed by atoms with Crippen molar-refractivity contribution in [3.8, 4) is 0 Å². The quantitative estimate of drug-likeness (QED) is 0.300. The van der Waals surface area contributed by atoms with Crippen molar-refractivity contribution in [1.82, 2.24) is 0 Å². The largest absolute Gasteiger partial charge is 0.297 e. The second-order valence-electron chi connectivity index (χ2n) is 6.17.